The van der Waals surface area contributed by atoms with Crippen molar-refractivity contribution in [3.63, 3.8) is 0 Å². The van der Waals surface area contributed by atoms with Gasteiger partial charge in [-0.05, 0) is 35.9 Å². The van der Waals surface area contributed by atoms with Gasteiger partial charge in [0.05, 0.1) is 19.9 Å². The molecule has 0 bridgehead atoms. The van der Waals surface area contributed by atoms with Crippen molar-refractivity contribution in [2.24, 2.45) is 0 Å². The van der Waals surface area contributed by atoms with E-state index in [1.54, 1.807) is 30.9 Å². The Morgan fingerprint density at radius 1 is 1.00 bits per heavy atom. The number of para-hydroxylation sites is 1. The highest BCUT2D eigenvalue weighted by atomic mass is 35.5. The van der Waals surface area contributed by atoms with Crippen LogP contribution in [-0.4, -0.2) is 28.8 Å². The molecule has 2 aromatic heterocycles. The third-order valence-corrected chi connectivity index (χ3v) is 6.62. The minimum atomic E-state index is -0.183. The molecule has 0 atom stereocenters. The maximum Gasteiger partial charge on any atom is 0.283 e. The Hall–Kier alpha value is -3.42. The number of halogens is 1. The Labute approximate surface area is 199 Å². The second-order valence-electron chi connectivity index (χ2n) is 7.39. The summed E-state index contributed by atoms with van der Waals surface area (Å²) in [6, 6.07) is 20.8. The monoisotopic (exact) mass is 477 g/mol. The molecule has 0 aliphatic carbocycles. The van der Waals surface area contributed by atoms with Gasteiger partial charge in [0.1, 0.15) is 11.0 Å². The van der Waals surface area contributed by atoms with E-state index in [0.29, 0.717) is 44.2 Å². The van der Waals surface area contributed by atoms with Gasteiger partial charge in [0.2, 0.25) is 0 Å². The zero-order valence-corrected chi connectivity index (χ0v) is 19.5. The number of thioether (sulfide) groups is 1. The summed E-state index contributed by atoms with van der Waals surface area (Å²) in [6.07, 6.45) is 0. The lowest BCUT2D eigenvalue weighted by atomic mass is 10.2. The van der Waals surface area contributed by atoms with E-state index in [-0.39, 0.29) is 5.56 Å². The molecule has 0 radical (unpaired) electrons. The van der Waals surface area contributed by atoms with Crippen LogP contribution in [0.15, 0.2) is 76.7 Å². The fourth-order valence-corrected chi connectivity index (χ4v) is 4.97. The number of H-pyrrole nitrogens is 1. The van der Waals surface area contributed by atoms with Gasteiger partial charge < -0.3 is 14.5 Å². The van der Waals surface area contributed by atoms with Crippen LogP contribution in [0, 0.1) is 0 Å². The molecule has 0 spiro atoms. The molecule has 0 fully saturated rings. The van der Waals surface area contributed by atoms with E-state index in [1.165, 1.54) is 11.8 Å². The third-order valence-electron chi connectivity index (χ3n) is 5.38. The Morgan fingerprint density at radius 3 is 2.61 bits per heavy atom. The van der Waals surface area contributed by atoms with Crippen LogP contribution in [0.1, 0.15) is 5.56 Å². The summed E-state index contributed by atoms with van der Waals surface area (Å²) in [5.41, 5.74) is 3.47. The fourth-order valence-electron chi connectivity index (χ4n) is 3.81. The number of hydrogen-bond donors (Lipinski definition) is 1. The first-order valence-corrected chi connectivity index (χ1v) is 11.6. The molecule has 0 saturated carbocycles. The maximum absolute atomic E-state index is 13.7. The number of aromatic amines is 1. The first-order chi connectivity index (χ1) is 16.1. The predicted octanol–water partition coefficient (Wildman–Crippen LogP) is 5.83. The van der Waals surface area contributed by atoms with E-state index in [9.17, 15) is 4.79 Å². The lowest BCUT2D eigenvalue weighted by Crippen LogP contribution is -2.22. The quantitative estimate of drug-likeness (QED) is 0.246. The molecular weight excluding hydrogens is 458 g/mol. The average Bonchev–Trinajstić information content (AvgIpc) is 3.21. The topological polar surface area (TPSA) is 69.1 Å². The van der Waals surface area contributed by atoms with Crippen LogP contribution in [0.2, 0.25) is 5.02 Å². The number of nitrogens with one attached hydrogen (secondary N) is 1. The van der Waals surface area contributed by atoms with Crippen molar-refractivity contribution in [2.45, 2.75) is 10.9 Å². The summed E-state index contributed by atoms with van der Waals surface area (Å²) in [7, 11) is 3.15. The fraction of sp³-hybridized carbons (Fsp3) is 0.120. The standard InChI is InChI=1S/C25H20ClN3O3S/c1-31-20-11-10-17(13-21(20)32-2)29-24(30)23-22(18-8-3-4-9-19(18)27-23)28-25(29)33-14-15-6-5-7-16(26)12-15/h3-13,27H,14H2,1-2H3. The molecule has 0 aliphatic heterocycles. The van der Waals surface area contributed by atoms with Gasteiger partial charge in [-0.15, -0.1) is 0 Å². The van der Waals surface area contributed by atoms with Crippen molar-refractivity contribution >= 4 is 45.3 Å². The van der Waals surface area contributed by atoms with Crippen molar-refractivity contribution in [1.82, 2.24) is 14.5 Å². The first-order valence-electron chi connectivity index (χ1n) is 10.2. The van der Waals surface area contributed by atoms with Crippen LogP contribution in [0.4, 0.5) is 0 Å². The lowest BCUT2D eigenvalue weighted by molar-refractivity contribution is 0.354. The number of rotatable bonds is 6. The number of nitrogens with zero attached hydrogens (tertiary/aromatic N) is 2. The lowest BCUT2D eigenvalue weighted by Gasteiger charge is -2.14. The number of benzene rings is 3. The normalized spacial score (nSPS) is 11.2. The summed E-state index contributed by atoms with van der Waals surface area (Å²) in [4.78, 5) is 21.9. The van der Waals surface area contributed by atoms with Crippen LogP contribution < -0.4 is 15.0 Å². The molecular formula is C25H20ClN3O3S. The van der Waals surface area contributed by atoms with Crippen molar-refractivity contribution < 1.29 is 9.47 Å². The van der Waals surface area contributed by atoms with Gasteiger partial charge in [-0.1, -0.05) is 53.7 Å². The highest BCUT2D eigenvalue weighted by Gasteiger charge is 2.18. The van der Waals surface area contributed by atoms with Crippen LogP contribution in [0.25, 0.3) is 27.6 Å². The Morgan fingerprint density at radius 2 is 1.82 bits per heavy atom. The minimum absolute atomic E-state index is 0.183. The van der Waals surface area contributed by atoms with Gasteiger partial charge in [-0.2, -0.15) is 0 Å². The molecule has 5 aromatic rings. The van der Waals surface area contributed by atoms with Crippen LogP contribution in [-0.2, 0) is 5.75 Å². The second kappa shape index (κ2) is 8.84. The zero-order valence-electron chi connectivity index (χ0n) is 18.0. The van der Waals surface area contributed by atoms with Crippen molar-refractivity contribution in [3.8, 4) is 17.2 Å². The molecule has 33 heavy (non-hydrogen) atoms. The molecule has 8 heteroatoms. The number of hydrogen-bond acceptors (Lipinski definition) is 5. The smallest absolute Gasteiger partial charge is 0.283 e. The summed E-state index contributed by atoms with van der Waals surface area (Å²) in [5, 5.41) is 2.16. The number of ether oxygens (including phenoxy) is 2. The van der Waals surface area contributed by atoms with Gasteiger partial charge in [0, 0.05) is 27.7 Å². The molecule has 6 nitrogen and oxygen atoms in total. The number of fused-ring (bicyclic) bond motifs is 3. The summed E-state index contributed by atoms with van der Waals surface area (Å²) in [5.74, 6) is 1.72. The van der Waals surface area contributed by atoms with Gasteiger partial charge in [-0.25, -0.2) is 4.98 Å². The Balaban J connectivity index is 1.71. The molecule has 0 aliphatic rings. The molecule has 0 saturated heterocycles. The van der Waals surface area contributed by atoms with Crippen molar-refractivity contribution in [3.05, 3.63) is 87.7 Å². The van der Waals surface area contributed by atoms with Gasteiger partial charge >= 0.3 is 0 Å². The summed E-state index contributed by atoms with van der Waals surface area (Å²) >= 11 is 7.64. The largest absolute Gasteiger partial charge is 0.493 e. The van der Waals surface area contributed by atoms with Crippen LogP contribution >= 0.6 is 23.4 Å². The van der Waals surface area contributed by atoms with E-state index >= 15 is 0 Å². The second-order valence-corrected chi connectivity index (χ2v) is 8.77. The molecule has 0 amide bonds. The maximum atomic E-state index is 13.7. The highest BCUT2D eigenvalue weighted by Crippen LogP contribution is 2.32. The van der Waals surface area contributed by atoms with E-state index in [1.807, 2.05) is 54.6 Å². The Bertz CT molecular complexity index is 1540. The zero-order chi connectivity index (χ0) is 22.9. The van der Waals surface area contributed by atoms with Gasteiger partial charge in [-0.3, -0.25) is 9.36 Å². The highest BCUT2D eigenvalue weighted by molar-refractivity contribution is 7.98. The Kier molecular flexibility index (Phi) is 5.74. The van der Waals surface area contributed by atoms with E-state index in [4.69, 9.17) is 26.1 Å². The molecule has 1 N–H and O–H groups in total. The molecule has 3 aromatic carbocycles. The molecule has 166 valence electrons. The van der Waals surface area contributed by atoms with Crippen molar-refractivity contribution in [2.75, 3.05) is 14.2 Å². The van der Waals surface area contributed by atoms with E-state index in [0.717, 1.165) is 16.5 Å². The number of aromatic nitrogens is 3. The van der Waals surface area contributed by atoms with E-state index in [2.05, 4.69) is 4.98 Å². The predicted molar refractivity (Wildman–Crippen MR) is 133 cm³/mol. The summed E-state index contributed by atoms with van der Waals surface area (Å²) in [6.45, 7) is 0. The van der Waals surface area contributed by atoms with Crippen molar-refractivity contribution in [1.29, 1.82) is 0 Å². The molecule has 5 rings (SSSR count). The van der Waals surface area contributed by atoms with Gasteiger partial charge in [0.25, 0.3) is 5.56 Å². The summed E-state index contributed by atoms with van der Waals surface area (Å²) < 4.78 is 12.4. The molecule has 0 unspecified atom stereocenters. The van der Waals surface area contributed by atoms with E-state index < -0.39 is 0 Å². The minimum Gasteiger partial charge on any atom is -0.493 e. The van der Waals surface area contributed by atoms with Gasteiger partial charge in [0.15, 0.2) is 16.7 Å². The molecule has 2 heterocycles. The average molecular weight is 478 g/mol. The van der Waals surface area contributed by atoms with Crippen LogP contribution in [0.3, 0.4) is 0 Å². The third kappa shape index (κ3) is 3.94. The number of methoxy groups -OCH3 is 2. The van der Waals surface area contributed by atoms with Crippen LogP contribution in [0.5, 0.6) is 11.5 Å². The first kappa shape index (κ1) is 21.4. The SMILES string of the molecule is COc1ccc(-n2c(SCc3cccc(Cl)c3)nc3c([nH]c4ccccc43)c2=O)cc1OC.